The molecule has 0 aromatic carbocycles. The SMILES string of the molecule is COCC1=CCN(S(=O)(=O)c2c(C(=O)O)n[nH]c2C)CC1. The van der Waals surface area contributed by atoms with Gasteiger partial charge in [0.2, 0.25) is 10.0 Å². The van der Waals surface area contributed by atoms with Gasteiger partial charge in [0.1, 0.15) is 4.90 Å². The van der Waals surface area contributed by atoms with Crippen LogP contribution in [0.1, 0.15) is 22.6 Å². The van der Waals surface area contributed by atoms with Crippen LogP contribution in [0.15, 0.2) is 16.5 Å². The maximum atomic E-state index is 12.6. The molecular formula is C12H17N3O5S. The Bertz CT molecular complexity index is 677. The van der Waals surface area contributed by atoms with Gasteiger partial charge in [0, 0.05) is 20.2 Å². The Balaban J connectivity index is 2.32. The Kier molecular flexibility index (Phi) is 4.45. The molecule has 1 aliphatic rings. The van der Waals surface area contributed by atoms with Crippen LogP contribution < -0.4 is 0 Å². The van der Waals surface area contributed by atoms with E-state index in [4.69, 9.17) is 9.84 Å². The minimum atomic E-state index is -3.89. The number of ether oxygens (including phenoxy) is 1. The first-order valence-corrected chi connectivity index (χ1v) is 7.77. The van der Waals surface area contributed by atoms with Crippen LogP contribution >= 0.6 is 0 Å². The number of H-pyrrole nitrogens is 1. The van der Waals surface area contributed by atoms with E-state index in [9.17, 15) is 13.2 Å². The number of hydrogen-bond acceptors (Lipinski definition) is 5. The second-order valence-corrected chi connectivity index (χ2v) is 6.61. The zero-order valence-corrected chi connectivity index (χ0v) is 12.6. The fourth-order valence-corrected chi connectivity index (χ4v) is 3.91. The molecule has 8 nitrogen and oxygen atoms in total. The van der Waals surface area contributed by atoms with Gasteiger partial charge in [-0.1, -0.05) is 6.08 Å². The first kappa shape index (κ1) is 15.7. The first-order valence-electron chi connectivity index (χ1n) is 6.33. The number of nitrogens with zero attached hydrogens (tertiary/aromatic N) is 2. The molecule has 116 valence electrons. The van der Waals surface area contributed by atoms with Crippen molar-refractivity contribution >= 4 is 16.0 Å². The summed E-state index contributed by atoms with van der Waals surface area (Å²) in [6.45, 7) is 2.45. The molecule has 0 atom stereocenters. The summed E-state index contributed by atoms with van der Waals surface area (Å²) in [6, 6.07) is 0. The van der Waals surface area contributed by atoms with Crippen LogP contribution in [0.4, 0.5) is 0 Å². The van der Waals surface area contributed by atoms with E-state index < -0.39 is 21.7 Å². The highest BCUT2D eigenvalue weighted by molar-refractivity contribution is 7.89. The molecule has 0 spiro atoms. The summed E-state index contributed by atoms with van der Waals surface area (Å²) in [5, 5.41) is 15.0. The number of nitrogens with one attached hydrogen (secondary N) is 1. The van der Waals surface area contributed by atoms with Gasteiger partial charge in [0.25, 0.3) is 0 Å². The fraction of sp³-hybridized carbons (Fsp3) is 0.500. The molecule has 0 fully saturated rings. The number of aromatic amines is 1. The van der Waals surface area contributed by atoms with Crippen LogP contribution in [0.25, 0.3) is 0 Å². The van der Waals surface area contributed by atoms with Gasteiger partial charge >= 0.3 is 5.97 Å². The van der Waals surface area contributed by atoms with Crippen LogP contribution in [0, 0.1) is 6.92 Å². The number of carbonyl (C=O) groups is 1. The van der Waals surface area contributed by atoms with Gasteiger partial charge in [-0.2, -0.15) is 9.40 Å². The minimum absolute atomic E-state index is 0.199. The fourth-order valence-electron chi connectivity index (χ4n) is 2.24. The molecule has 0 aliphatic carbocycles. The summed E-state index contributed by atoms with van der Waals surface area (Å²) in [4.78, 5) is 10.8. The Morgan fingerprint density at radius 3 is 2.81 bits per heavy atom. The lowest BCUT2D eigenvalue weighted by Gasteiger charge is -2.25. The third-order valence-corrected chi connectivity index (χ3v) is 5.31. The third-order valence-electron chi connectivity index (χ3n) is 3.29. The molecule has 0 saturated carbocycles. The molecule has 0 unspecified atom stereocenters. The molecule has 0 bridgehead atoms. The second-order valence-electron chi connectivity index (χ2n) is 4.74. The van der Waals surface area contributed by atoms with Gasteiger partial charge < -0.3 is 9.84 Å². The summed E-state index contributed by atoms with van der Waals surface area (Å²) >= 11 is 0. The van der Waals surface area contributed by atoms with E-state index in [1.807, 2.05) is 0 Å². The van der Waals surface area contributed by atoms with Gasteiger partial charge in [0.15, 0.2) is 5.69 Å². The second kappa shape index (κ2) is 5.96. The number of methoxy groups -OCH3 is 1. The summed E-state index contributed by atoms with van der Waals surface area (Å²) in [5.74, 6) is -1.37. The van der Waals surface area contributed by atoms with E-state index in [0.29, 0.717) is 19.6 Å². The molecule has 0 radical (unpaired) electrons. The Hall–Kier alpha value is -1.71. The van der Waals surface area contributed by atoms with Crippen LogP contribution in [-0.4, -0.2) is 60.8 Å². The number of sulfonamides is 1. The van der Waals surface area contributed by atoms with Crippen LogP contribution in [0.2, 0.25) is 0 Å². The molecule has 2 heterocycles. The normalized spacial score (nSPS) is 16.8. The van der Waals surface area contributed by atoms with Gasteiger partial charge in [-0.3, -0.25) is 5.10 Å². The van der Waals surface area contributed by atoms with E-state index in [2.05, 4.69) is 10.2 Å². The minimum Gasteiger partial charge on any atom is -0.476 e. The summed E-state index contributed by atoms with van der Waals surface area (Å²) in [7, 11) is -2.31. The maximum Gasteiger partial charge on any atom is 0.357 e. The van der Waals surface area contributed by atoms with Crippen molar-refractivity contribution in [3.05, 3.63) is 23.0 Å². The number of aromatic nitrogens is 2. The largest absolute Gasteiger partial charge is 0.476 e. The number of aromatic carboxylic acids is 1. The van der Waals surface area contributed by atoms with E-state index in [0.717, 1.165) is 5.57 Å². The summed E-state index contributed by atoms with van der Waals surface area (Å²) in [6.07, 6.45) is 2.35. The quantitative estimate of drug-likeness (QED) is 0.760. The number of rotatable bonds is 5. The maximum absolute atomic E-state index is 12.6. The Labute approximate surface area is 122 Å². The van der Waals surface area contributed by atoms with Crippen molar-refractivity contribution in [3.8, 4) is 0 Å². The molecule has 1 aliphatic heterocycles. The molecule has 2 rings (SSSR count). The molecular weight excluding hydrogens is 298 g/mol. The van der Waals surface area contributed by atoms with Crippen molar-refractivity contribution in [2.45, 2.75) is 18.2 Å². The number of aryl methyl sites for hydroxylation is 1. The molecule has 0 amide bonds. The number of hydrogen-bond donors (Lipinski definition) is 2. The van der Waals surface area contributed by atoms with Crippen molar-refractivity contribution in [1.82, 2.24) is 14.5 Å². The standard InChI is InChI=1S/C12H17N3O5S/c1-8-11(10(12(16)17)14-13-8)21(18,19)15-5-3-9(4-6-15)7-20-2/h3H,4-7H2,1-2H3,(H,13,14)(H,16,17). The lowest BCUT2D eigenvalue weighted by Crippen LogP contribution is -2.36. The number of carboxylic acid groups (broad SMARTS) is 1. The zero-order valence-electron chi connectivity index (χ0n) is 11.8. The lowest BCUT2D eigenvalue weighted by molar-refractivity contribution is 0.0686. The highest BCUT2D eigenvalue weighted by Gasteiger charge is 2.33. The first-order chi connectivity index (χ1) is 9.87. The van der Waals surface area contributed by atoms with Crippen LogP contribution in [-0.2, 0) is 14.8 Å². The Morgan fingerprint density at radius 1 is 1.57 bits per heavy atom. The molecule has 9 heteroatoms. The highest BCUT2D eigenvalue weighted by Crippen LogP contribution is 2.25. The van der Waals surface area contributed by atoms with E-state index in [1.165, 1.54) is 11.2 Å². The Morgan fingerprint density at radius 2 is 2.29 bits per heavy atom. The molecule has 0 saturated heterocycles. The van der Waals surface area contributed by atoms with Gasteiger partial charge in [0.05, 0.1) is 12.3 Å². The molecule has 1 aromatic rings. The average molecular weight is 315 g/mol. The van der Waals surface area contributed by atoms with Gasteiger partial charge in [-0.05, 0) is 18.9 Å². The lowest BCUT2D eigenvalue weighted by atomic mass is 10.1. The predicted octanol–water partition coefficient (Wildman–Crippen LogP) is 0.384. The predicted molar refractivity (Wildman–Crippen MR) is 73.6 cm³/mol. The monoisotopic (exact) mass is 315 g/mol. The van der Waals surface area contributed by atoms with E-state index >= 15 is 0 Å². The zero-order chi connectivity index (χ0) is 15.6. The third kappa shape index (κ3) is 2.99. The smallest absolute Gasteiger partial charge is 0.357 e. The van der Waals surface area contributed by atoms with Crippen molar-refractivity contribution < 1.29 is 23.1 Å². The van der Waals surface area contributed by atoms with Crippen LogP contribution in [0.5, 0.6) is 0 Å². The summed E-state index contributed by atoms with van der Waals surface area (Å²) in [5.41, 5.74) is 0.782. The molecule has 21 heavy (non-hydrogen) atoms. The molecule has 1 aromatic heterocycles. The van der Waals surface area contributed by atoms with E-state index in [-0.39, 0.29) is 17.1 Å². The van der Waals surface area contributed by atoms with Crippen LogP contribution in [0.3, 0.4) is 0 Å². The van der Waals surface area contributed by atoms with Crippen molar-refractivity contribution in [1.29, 1.82) is 0 Å². The highest BCUT2D eigenvalue weighted by atomic mass is 32.2. The number of carboxylic acids is 1. The van der Waals surface area contributed by atoms with Gasteiger partial charge in [-0.25, -0.2) is 13.2 Å². The molecule has 2 N–H and O–H groups in total. The average Bonchev–Trinajstić information content (AvgIpc) is 2.82. The van der Waals surface area contributed by atoms with Crippen molar-refractivity contribution in [2.24, 2.45) is 0 Å². The van der Waals surface area contributed by atoms with E-state index in [1.54, 1.807) is 13.2 Å². The van der Waals surface area contributed by atoms with Crippen molar-refractivity contribution in [2.75, 3.05) is 26.8 Å². The van der Waals surface area contributed by atoms with Gasteiger partial charge in [-0.15, -0.1) is 0 Å². The topological polar surface area (TPSA) is 113 Å². The van der Waals surface area contributed by atoms with Crippen molar-refractivity contribution in [3.63, 3.8) is 0 Å². The summed E-state index contributed by atoms with van der Waals surface area (Å²) < 4.78 is 31.5.